The van der Waals surface area contributed by atoms with Crippen LogP contribution in [0.15, 0.2) is 23.1 Å². The van der Waals surface area contributed by atoms with Gasteiger partial charge in [-0.15, -0.1) is 0 Å². The van der Waals surface area contributed by atoms with E-state index in [2.05, 4.69) is 0 Å². The molecule has 1 heterocycles. The third kappa shape index (κ3) is 2.23. The van der Waals surface area contributed by atoms with Crippen molar-refractivity contribution in [3.63, 3.8) is 0 Å². The minimum absolute atomic E-state index is 0.203. The van der Waals surface area contributed by atoms with Gasteiger partial charge < -0.3 is 5.73 Å². The molecule has 2 unspecified atom stereocenters. The molecule has 20 heavy (non-hydrogen) atoms. The van der Waals surface area contributed by atoms with E-state index in [0.717, 1.165) is 24.8 Å². The van der Waals surface area contributed by atoms with Crippen molar-refractivity contribution in [1.29, 1.82) is 0 Å². The van der Waals surface area contributed by atoms with E-state index in [4.69, 9.17) is 5.73 Å². The van der Waals surface area contributed by atoms with E-state index in [9.17, 15) is 8.42 Å². The molecule has 1 aromatic carbocycles. The number of nitrogens with two attached hydrogens (primary N) is 1. The van der Waals surface area contributed by atoms with E-state index in [0.29, 0.717) is 23.0 Å². The highest BCUT2D eigenvalue weighted by molar-refractivity contribution is 7.89. The lowest BCUT2D eigenvalue weighted by atomic mass is 9.86. The van der Waals surface area contributed by atoms with Gasteiger partial charge in [0.2, 0.25) is 10.0 Å². The summed E-state index contributed by atoms with van der Waals surface area (Å²) in [5.41, 5.74) is 7.06. The molecule has 1 aliphatic heterocycles. The van der Waals surface area contributed by atoms with Crippen LogP contribution in [0.5, 0.6) is 0 Å². The minimum atomic E-state index is -3.41. The fourth-order valence-electron chi connectivity index (χ4n) is 3.68. The highest BCUT2D eigenvalue weighted by Gasteiger charge is 2.42. The maximum Gasteiger partial charge on any atom is 0.243 e. The topological polar surface area (TPSA) is 63.4 Å². The fraction of sp³-hybridized carbons (Fsp3) is 0.600. The number of sulfonamides is 1. The molecule has 0 bridgehead atoms. The first kappa shape index (κ1) is 13.9. The van der Waals surface area contributed by atoms with Crippen LogP contribution >= 0.6 is 0 Å². The molecule has 0 aromatic heterocycles. The summed E-state index contributed by atoms with van der Waals surface area (Å²) in [6.45, 7) is 2.49. The van der Waals surface area contributed by atoms with Crippen molar-refractivity contribution in [2.45, 2.75) is 50.0 Å². The van der Waals surface area contributed by atoms with E-state index in [1.807, 2.05) is 6.92 Å². The number of fused-ring (bicyclic) bond motifs is 1. The fourth-order valence-corrected chi connectivity index (χ4v) is 5.67. The van der Waals surface area contributed by atoms with Crippen molar-refractivity contribution in [2.75, 3.05) is 12.3 Å². The lowest BCUT2D eigenvalue weighted by molar-refractivity contribution is 0.260. The predicted octanol–water partition coefficient (Wildman–Crippen LogP) is 2.53. The maximum absolute atomic E-state index is 12.9. The Morgan fingerprint density at radius 2 is 1.95 bits per heavy atom. The molecule has 2 aliphatic rings. The molecule has 1 aromatic rings. The summed E-state index contributed by atoms with van der Waals surface area (Å²) in [6.07, 6.45) is 5.57. The first-order valence-electron chi connectivity index (χ1n) is 7.38. The van der Waals surface area contributed by atoms with Gasteiger partial charge in [-0.25, -0.2) is 8.42 Å². The van der Waals surface area contributed by atoms with Crippen LogP contribution in [0.4, 0.5) is 5.69 Å². The van der Waals surface area contributed by atoms with E-state index >= 15 is 0 Å². The molecule has 3 rings (SSSR count). The van der Waals surface area contributed by atoms with Gasteiger partial charge in [0.15, 0.2) is 0 Å². The van der Waals surface area contributed by atoms with Crippen LogP contribution < -0.4 is 5.73 Å². The SMILES string of the molecule is Cc1ccc(N)cc1S(=O)(=O)N1CCC2CCCCC21. The standard InChI is InChI=1S/C15H22N2O2S/c1-11-6-7-13(16)10-15(11)20(18,19)17-9-8-12-4-2-3-5-14(12)17/h6-7,10,12,14H,2-5,8-9,16H2,1H3. The van der Waals surface area contributed by atoms with Crippen LogP contribution in [0.2, 0.25) is 0 Å². The summed E-state index contributed by atoms with van der Waals surface area (Å²) in [7, 11) is -3.41. The second-order valence-electron chi connectivity index (χ2n) is 6.04. The highest BCUT2D eigenvalue weighted by Crippen LogP contribution is 2.39. The lowest BCUT2D eigenvalue weighted by Gasteiger charge is -2.31. The Hall–Kier alpha value is -1.07. The van der Waals surface area contributed by atoms with Crippen LogP contribution in [0.25, 0.3) is 0 Å². The molecule has 2 fully saturated rings. The molecule has 1 saturated carbocycles. The zero-order valence-electron chi connectivity index (χ0n) is 11.9. The predicted molar refractivity (Wildman–Crippen MR) is 79.8 cm³/mol. The van der Waals surface area contributed by atoms with Gasteiger partial charge in [-0.1, -0.05) is 18.9 Å². The molecule has 5 heteroatoms. The third-order valence-electron chi connectivity index (χ3n) is 4.76. The summed E-state index contributed by atoms with van der Waals surface area (Å²) in [5.74, 6) is 0.555. The van der Waals surface area contributed by atoms with E-state index in [1.54, 1.807) is 22.5 Å². The molecule has 4 nitrogen and oxygen atoms in total. The number of nitrogens with zero attached hydrogens (tertiary/aromatic N) is 1. The Kier molecular flexibility index (Phi) is 3.50. The minimum Gasteiger partial charge on any atom is -0.399 e. The van der Waals surface area contributed by atoms with Crippen molar-refractivity contribution in [2.24, 2.45) is 5.92 Å². The second-order valence-corrected chi connectivity index (χ2v) is 7.90. The molecule has 1 aliphatic carbocycles. The van der Waals surface area contributed by atoms with Crippen molar-refractivity contribution in [1.82, 2.24) is 4.31 Å². The van der Waals surface area contributed by atoms with Gasteiger partial charge in [0.25, 0.3) is 0 Å². The summed E-state index contributed by atoms with van der Waals surface area (Å²) < 4.78 is 27.6. The van der Waals surface area contributed by atoms with Crippen LogP contribution in [-0.2, 0) is 10.0 Å². The van der Waals surface area contributed by atoms with Crippen molar-refractivity contribution >= 4 is 15.7 Å². The van der Waals surface area contributed by atoms with E-state index in [-0.39, 0.29) is 6.04 Å². The zero-order chi connectivity index (χ0) is 14.3. The van der Waals surface area contributed by atoms with Gasteiger partial charge in [-0.2, -0.15) is 4.31 Å². The number of rotatable bonds is 2. The summed E-state index contributed by atoms with van der Waals surface area (Å²) in [5, 5.41) is 0. The van der Waals surface area contributed by atoms with Crippen molar-refractivity contribution in [3.8, 4) is 0 Å². The number of hydrogen-bond acceptors (Lipinski definition) is 3. The maximum atomic E-state index is 12.9. The van der Waals surface area contributed by atoms with E-state index < -0.39 is 10.0 Å². The third-order valence-corrected chi connectivity index (χ3v) is 6.82. The number of anilines is 1. The van der Waals surface area contributed by atoms with Crippen LogP contribution in [0.3, 0.4) is 0 Å². The van der Waals surface area contributed by atoms with Crippen molar-refractivity contribution < 1.29 is 8.42 Å². The van der Waals surface area contributed by atoms with Crippen LogP contribution in [0.1, 0.15) is 37.7 Å². The Labute approximate surface area is 121 Å². The first-order valence-corrected chi connectivity index (χ1v) is 8.82. The Morgan fingerprint density at radius 1 is 1.20 bits per heavy atom. The quantitative estimate of drug-likeness (QED) is 0.853. The average Bonchev–Trinajstić information content (AvgIpc) is 2.86. The molecule has 110 valence electrons. The number of hydrogen-bond donors (Lipinski definition) is 1. The zero-order valence-corrected chi connectivity index (χ0v) is 12.7. The molecule has 0 amide bonds. The normalized spacial score (nSPS) is 27.4. The molecular formula is C15H22N2O2S. The average molecular weight is 294 g/mol. The smallest absolute Gasteiger partial charge is 0.243 e. The Morgan fingerprint density at radius 3 is 2.75 bits per heavy atom. The molecule has 2 atom stereocenters. The summed E-state index contributed by atoms with van der Waals surface area (Å²) >= 11 is 0. The molecule has 0 spiro atoms. The van der Waals surface area contributed by atoms with Crippen LogP contribution in [-0.4, -0.2) is 25.3 Å². The largest absolute Gasteiger partial charge is 0.399 e. The first-order chi connectivity index (χ1) is 9.50. The number of benzene rings is 1. The molecule has 2 N–H and O–H groups in total. The lowest BCUT2D eigenvalue weighted by Crippen LogP contribution is -2.39. The summed E-state index contributed by atoms with van der Waals surface area (Å²) in [6, 6.07) is 5.34. The number of aryl methyl sites for hydroxylation is 1. The van der Waals surface area contributed by atoms with Crippen LogP contribution in [0, 0.1) is 12.8 Å². The van der Waals surface area contributed by atoms with E-state index in [1.165, 1.54) is 12.8 Å². The monoisotopic (exact) mass is 294 g/mol. The van der Waals surface area contributed by atoms with Gasteiger partial charge in [0, 0.05) is 18.3 Å². The summed E-state index contributed by atoms with van der Waals surface area (Å²) in [4.78, 5) is 0.378. The molecule has 1 saturated heterocycles. The van der Waals surface area contributed by atoms with Gasteiger partial charge in [0.05, 0.1) is 4.90 Å². The highest BCUT2D eigenvalue weighted by atomic mass is 32.2. The Bertz CT molecular complexity index is 612. The molecule has 0 radical (unpaired) electrons. The molecular weight excluding hydrogens is 272 g/mol. The van der Waals surface area contributed by atoms with Gasteiger partial charge >= 0.3 is 0 Å². The Balaban J connectivity index is 1.97. The van der Waals surface area contributed by atoms with Gasteiger partial charge in [0.1, 0.15) is 0 Å². The second kappa shape index (κ2) is 5.04. The number of nitrogen functional groups attached to an aromatic ring is 1. The van der Waals surface area contributed by atoms with Gasteiger partial charge in [-0.05, 0) is 49.8 Å². The van der Waals surface area contributed by atoms with Gasteiger partial charge in [-0.3, -0.25) is 0 Å². The van der Waals surface area contributed by atoms with Crippen molar-refractivity contribution in [3.05, 3.63) is 23.8 Å².